The number of hydrogen-bond acceptors (Lipinski definition) is 11. The van der Waals surface area contributed by atoms with Crippen molar-refractivity contribution in [3.63, 3.8) is 0 Å². The van der Waals surface area contributed by atoms with E-state index in [1.165, 1.54) is 0 Å². The van der Waals surface area contributed by atoms with Crippen molar-refractivity contribution in [2.24, 2.45) is 17.3 Å². The predicted molar refractivity (Wildman–Crippen MR) is 177 cm³/mol. The average Bonchev–Trinajstić information content (AvgIpc) is 3.86. The number of hydrazine groups is 1. The van der Waals surface area contributed by atoms with Crippen LogP contribution in [0.15, 0.2) is 16.8 Å². The fraction of sp³-hybridized carbons (Fsp3) is 0.714. The number of hydrogen-bond donors (Lipinski definition) is 3. The van der Waals surface area contributed by atoms with Gasteiger partial charge in [-0.2, -0.15) is 9.97 Å². The van der Waals surface area contributed by atoms with Crippen LogP contribution in [0.1, 0.15) is 81.1 Å². The van der Waals surface area contributed by atoms with Crippen LogP contribution in [0, 0.1) is 23.1 Å². The van der Waals surface area contributed by atoms with E-state index in [2.05, 4.69) is 25.6 Å². The highest BCUT2D eigenvalue weighted by molar-refractivity contribution is 6.21. The first-order valence-electron chi connectivity index (χ1n) is 18.1. The van der Waals surface area contributed by atoms with Gasteiger partial charge < -0.3 is 19.2 Å². The first kappa shape index (κ1) is 31.1. The Hall–Kier alpha value is -2.71. The second-order valence-electron chi connectivity index (χ2n) is 16.2. The van der Waals surface area contributed by atoms with E-state index < -0.39 is 17.6 Å². The number of pyridine rings is 1. The molecule has 1 spiro atoms. The van der Waals surface area contributed by atoms with Crippen LogP contribution in [0.25, 0.3) is 10.9 Å². The number of fused-ring (bicyclic) bond motifs is 2. The molecular weight excluding hydrogens is 654 g/mol. The molecule has 9 bridgehead atoms. The first-order valence-corrected chi connectivity index (χ1v) is 18.6. The molecule has 0 amide bonds. The smallest absolute Gasteiger partial charge is 0.319 e. The molecule has 262 valence electrons. The third-order valence-electron chi connectivity index (χ3n) is 13.2. The highest BCUT2D eigenvalue weighted by Crippen LogP contribution is 2.58. The van der Waals surface area contributed by atoms with E-state index in [9.17, 15) is 9.50 Å². The van der Waals surface area contributed by atoms with Gasteiger partial charge in [0.25, 0.3) is 0 Å². The summed E-state index contributed by atoms with van der Waals surface area (Å²) in [4.78, 5) is 23.5. The number of nitrogens with zero attached hydrogens (tertiary/aromatic N) is 6. The number of alkyl halides is 2. The molecule has 4 saturated heterocycles. The minimum absolute atomic E-state index is 0.0715. The average molecular weight is 697 g/mol. The minimum atomic E-state index is -1.13. The summed E-state index contributed by atoms with van der Waals surface area (Å²) in [7, 11) is 0. The van der Waals surface area contributed by atoms with Crippen molar-refractivity contribution >= 4 is 28.3 Å². The van der Waals surface area contributed by atoms with Crippen molar-refractivity contribution in [3.8, 4) is 6.01 Å². The molecule has 14 heteroatoms. The van der Waals surface area contributed by atoms with Crippen molar-refractivity contribution in [1.82, 2.24) is 35.7 Å². The van der Waals surface area contributed by atoms with Gasteiger partial charge in [-0.15, -0.1) is 11.6 Å². The maximum atomic E-state index is 17.3. The van der Waals surface area contributed by atoms with E-state index in [0.717, 1.165) is 45.2 Å². The number of aryl methyl sites for hydroxylation is 1. The summed E-state index contributed by atoms with van der Waals surface area (Å²) in [6.45, 7) is 3.56. The molecule has 3 aromatic rings. The zero-order valence-electron chi connectivity index (χ0n) is 27.5. The Labute approximate surface area is 288 Å². The molecule has 3 N–H and O–H groups in total. The van der Waals surface area contributed by atoms with Gasteiger partial charge >= 0.3 is 6.01 Å². The van der Waals surface area contributed by atoms with E-state index >= 15 is 4.39 Å². The van der Waals surface area contributed by atoms with Gasteiger partial charge in [0.2, 0.25) is 5.89 Å². The van der Waals surface area contributed by atoms with Gasteiger partial charge in [-0.25, -0.2) is 13.8 Å². The zero-order valence-corrected chi connectivity index (χ0v) is 28.3. The van der Waals surface area contributed by atoms with Crippen LogP contribution >= 0.6 is 11.6 Å². The van der Waals surface area contributed by atoms with Crippen molar-refractivity contribution in [3.05, 3.63) is 35.6 Å². The number of halogens is 3. The van der Waals surface area contributed by atoms with Gasteiger partial charge in [-0.3, -0.25) is 20.7 Å². The molecule has 10 heterocycles. The Bertz CT molecular complexity index is 1790. The maximum Gasteiger partial charge on any atom is 0.319 e. The second-order valence-corrected chi connectivity index (χ2v) is 16.8. The quantitative estimate of drug-likeness (QED) is 0.343. The molecule has 7 atom stereocenters. The van der Waals surface area contributed by atoms with Crippen molar-refractivity contribution < 1.29 is 23.0 Å². The monoisotopic (exact) mass is 696 g/mol. The SMILES string of the molecule is OC12CC3(CCCN(C3)c3nc(OC[C@@]45CCCN4C[C@H](F)C5)nc4c(F)c(ncc34)C3C(CCc4cnc1o4)C(Cl)CC1NNCC13)C2. The number of piperidine rings is 1. The summed E-state index contributed by atoms with van der Waals surface area (Å²) < 4.78 is 44.5. The second kappa shape index (κ2) is 11.1. The number of ether oxygens (including phenoxy) is 1. The zero-order chi connectivity index (χ0) is 33.1. The summed E-state index contributed by atoms with van der Waals surface area (Å²) in [6.07, 6.45) is 9.74. The molecule has 11 nitrogen and oxygen atoms in total. The van der Waals surface area contributed by atoms with Gasteiger partial charge in [-0.1, -0.05) is 0 Å². The number of aliphatic hydroxyl groups is 1. The summed E-state index contributed by atoms with van der Waals surface area (Å²) >= 11 is 7.15. The molecule has 49 heavy (non-hydrogen) atoms. The van der Waals surface area contributed by atoms with E-state index in [1.54, 1.807) is 12.4 Å². The molecule has 12 rings (SSSR count). The highest BCUT2D eigenvalue weighted by atomic mass is 35.5. The molecule has 9 aliphatic rings. The van der Waals surface area contributed by atoms with Crippen LogP contribution in [0.4, 0.5) is 14.6 Å². The molecule has 0 aromatic carbocycles. The van der Waals surface area contributed by atoms with Crippen molar-refractivity contribution in [1.29, 1.82) is 0 Å². The Balaban J connectivity index is 1.10. The van der Waals surface area contributed by atoms with Gasteiger partial charge in [0.1, 0.15) is 35.5 Å². The maximum absolute atomic E-state index is 17.3. The van der Waals surface area contributed by atoms with Crippen LogP contribution < -0.4 is 20.5 Å². The first-order chi connectivity index (χ1) is 23.7. The largest absolute Gasteiger partial charge is 0.461 e. The predicted octanol–water partition coefficient (Wildman–Crippen LogP) is 4.13. The van der Waals surface area contributed by atoms with Gasteiger partial charge in [0, 0.05) is 62.6 Å². The Morgan fingerprint density at radius 3 is 2.90 bits per heavy atom. The standard InChI is InChI=1S/C35H43ClF2N8O3/c36-24-9-25-22(13-41-44-25)26-21(24)4-3-20-11-40-31(49-20)35(47)15-33(16-35)5-1-7-45(17-33)30-23-12-39-29(26)27(38)28(23)42-32(43-30)48-18-34-6-2-8-46(34)14-19(37)10-34/h11-12,19,21-22,24-26,41,44,47H,1-10,13-18H2/t19-,21?,22?,24?,25?,26?,33?,34+,35?/m1/s1. The van der Waals surface area contributed by atoms with E-state index in [0.29, 0.717) is 80.3 Å². The molecule has 5 unspecified atom stereocenters. The molecule has 7 aliphatic heterocycles. The van der Waals surface area contributed by atoms with Gasteiger partial charge in [0.15, 0.2) is 5.82 Å². The molecule has 3 aromatic heterocycles. The number of nitrogens with one attached hydrogen (secondary N) is 2. The lowest BCUT2D eigenvalue weighted by Gasteiger charge is -2.56. The van der Waals surface area contributed by atoms with Gasteiger partial charge in [-0.05, 0) is 75.2 Å². The third kappa shape index (κ3) is 4.85. The van der Waals surface area contributed by atoms with Crippen LogP contribution in [0.2, 0.25) is 0 Å². The summed E-state index contributed by atoms with van der Waals surface area (Å²) in [5, 5.41) is 12.0. The number of aromatic nitrogens is 4. The fourth-order valence-corrected chi connectivity index (χ4v) is 11.6. The Morgan fingerprint density at radius 2 is 2.00 bits per heavy atom. The molecule has 2 saturated carbocycles. The molecular formula is C35H43ClF2N8O3. The van der Waals surface area contributed by atoms with Crippen molar-refractivity contribution in [2.45, 2.75) is 98.9 Å². The molecule has 6 fully saturated rings. The Morgan fingerprint density at radius 1 is 1.12 bits per heavy atom. The van der Waals surface area contributed by atoms with Gasteiger partial charge in [0.05, 0.1) is 22.8 Å². The minimum Gasteiger partial charge on any atom is -0.461 e. The lowest BCUT2D eigenvalue weighted by molar-refractivity contribution is -0.154. The topological polar surface area (TPSA) is 125 Å². The summed E-state index contributed by atoms with van der Waals surface area (Å²) in [5.41, 5.74) is 5.54. The molecule has 2 aliphatic carbocycles. The van der Waals surface area contributed by atoms with Crippen LogP contribution in [-0.4, -0.2) is 92.4 Å². The van der Waals surface area contributed by atoms with E-state index in [-0.39, 0.29) is 58.3 Å². The third-order valence-corrected chi connectivity index (χ3v) is 13.7. The fourth-order valence-electron chi connectivity index (χ4n) is 11.1. The lowest BCUT2D eigenvalue weighted by Crippen LogP contribution is -2.57. The summed E-state index contributed by atoms with van der Waals surface area (Å²) in [5.74, 6) is 0.909. The lowest BCUT2D eigenvalue weighted by atomic mass is 9.56. The number of anilines is 1. The molecule has 0 radical (unpaired) electrons. The van der Waals surface area contributed by atoms with Crippen LogP contribution in [0.3, 0.4) is 0 Å². The normalized spacial score (nSPS) is 39.9. The highest BCUT2D eigenvalue weighted by Gasteiger charge is 2.59. The number of rotatable bonds is 3. The van der Waals surface area contributed by atoms with Crippen LogP contribution in [0.5, 0.6) is 6.01 Å². The summed E-state index contributed by atoms with van der Waals surface area (Å²) in [6, 6.07) is 0.186. The number of oxazole rings is 1. The van der Waals surface area contributed by atoms with Crippen molar-refractivity contribution in [2.75, 3.05) is 44.2 Å². The van der Waals surface area contributed by atoms with E-state index in [1.807, 2.05) is 0 Å². The Kier molecular flexibility index (Phi) is 7.06. The van der Waals surface area contributed by atoms with Crippen LogP contribution in [-0.2, 0) is 12.0 Å². The van der Waals surface area contributed by atoms with E-state index in [4.69, 9.17) is 35.7 Å².